The third kappa shape index (κ3) is 5.73. The van der Waals surface area contributed by atoms with Gasteiger partial charge in [0, 0.05) is 57.9 Å². The smallest absolute Gasteiger partial charge is 0.255 e. The predicted octanol–water partition coefficient (Wildman–Crippen LogP) is -0.0143. The van der Waals surface area contributed by atoms with Gasteiger partial charge >= 0.3 is 0 Å². The Hall–Kier alpha value is -3.07. The monoisotopic (exact) mass is 416 g/mol. The molecule has 2 rings (SSSR count). The van der Waals surface area contributed by atoms with Crippen molar-refractivity contribution in [3.05, 3.63) is 29.3 Å². The van der Waals surface area contributed by atoms with Gasteiger partial charge in [0.25, 0.3) is 5.91 Å². The minimum atomic E-state index is -0.773. The molecule has 1 aliphatic rings. The highest BCUT2D eigenvalue weighted by atomic mass is 16.2. The number of nitrogens with zero attached hydrogens (tertiary/aromatic N) is 3. The van der Waals surface area contributed by atoms with Crippen molar-refractivity contribution in [2.45, 2.75) is 18.9 Å². The number of hydrogen-bond acceptors (Lipinski definition) is 7. The van der Waals surface area contributed by atoms with E-state index in [0.29, 0.717) is 32.2 Å². The van der Waals surface area contributed by atoms with Crippen molar-refractivity contribution in [3.8, 4) is 0 Å². The molecule has 9 nitrogen and oxygen atoms in total. The lowest BCUT2D eigenvalue weighted by atomic mass is 10.0. The van der Waals surface area contributed by atoms with Crippen LogP contribution in [-0.4, -0.2) is 93.3 Å². The van der Waals surface area contributed by atoms with E-state index in [1.54, 1.807) is 18.2 Å². The summed E-state index contributed by atoms with van der Waals surface area (Å²) >= 11 is 0. The van der Waals surface area contributed by atoms with Gasteiger partial charge in [-0.15, -0.1) is 0 Å². The molecule has 0 spiro atoms. The van der Waals surface area contributed by atoms with Crippen molar-refractivity contribution in [3.63, 3.8) is 0 Å². The van der Waals surface area contributed by atoms with E-state index >= 15 is 0 Å². The number of carbonyl (C=O) groups excluding carboxylic acids is 5. The van der Waals surface area contributed by atoms with E-state index in [4.69, 9.17) is 0 Å². The first-order valence-corrected chi connectivity index (χ1v) is 9.88. The molecule has 30 heavy (non-hydrogen) atoms. The molecular weight excluding hydrogens is 388 g/mol. The molecule has 0 radical (unpaired) electrons. The van der Waals surface area contributed by atoms with Crippen molar-refractivity contribution < 1.29 is 24.0 Å². The summed E-state index contributed by atoms with van der Waals surface area (Å²) in [6.45, 7) is 3.24. The molecule has 9 heteroatoms. The second kappa shape index (κ2) is 11.2. The lowest BCUT2D eigenvalue weighted by Crippen LogP contribution is -2.47. The van der Waals surface area contributed by atoms with Crippen molar-refractivity contribution in [2.24, 2.45) is 0 Å². The number of amides is 2. The van der Waals surface area contributed by atoms with Crippen LogP contribution in [0.5, 0.6) is 0 Å². The van der Waals surface area contributed by atoms with Crippen LogP contribution in [-0.2, 0) is 14.4 Å². The lowest BCUT2D eigenvalue weighted by Gasteiger charge is -2.35. The van der Waals surface area contributed by atoms with Crippen LogP contribution in [0.4, 0.5) is 5.69 Å². The van der Waals surface area contributed by atoms with Crippen molar-refractivity contribution in [1.29, 1.82) is 0 Å². The Morgan fingerprint density at radius 2 is 1.87 bits per heavy atom. The minimum absolute atomic E-state index is 0.114. The third-order valence-electron chi connectivity index (χ3n) is 5.39. The molecule has 1 fully saturated rings. The van der Waals surface area contributed by atoms with Crippen LogP contribution in [0.3, 0.4) is 0 Å². The fourth-order valence-corrected chi connectivity index (χ4v) is 3.42. The van der Waals surface area contributed by atoms with Crippen molar-refractivity contribution >= 4 is 36.4 Å². The summed E-state index contributed by atoms with van der Waals surface area (Å²) < 4.78 is 0. The Morgan fingerprint density at radius 1 is 1.17 bits per heavy atom. The molecule has 1 unspecified atom stereocenters. The van der Waals surface area contributed by atoms with E-state index in [1.807, 2.05) is 4.90 Å². The summed E-state index contributed by atoms with van der Waals surface area (Å²) in [5, 5.41) is 2.48. The molecule has 1 N–H and O–H groups in total. The average Bonchev–Trinajstić information content (AvgIpc) is 2.78. The number of piperazine rings is 1. The Labute approximate surface area is 176 Å². The van der Waals surface area contributed by atoms with Crippen LogP contribution < -0.4 is 10.2 Å². The maximum atomic E-state index is 13.1. The molecule has 2 amide bonds. The van der Waals surface area contributed by atoms with Crippen LogP contribution in [0.15, 0.2) is 18.2 Å². The van der Waals surface area contributed by atoms with E-state index in [0.717, 1.165) is 25.1 Å². The number of likely N-dealkylation sites (N-methyl/N-ethyl adjacent to an activating group) is 1. The lowest BCUT2D eigenvalue weighted by molar-refractivity contribution is -0.121. The Balaban J connectivity index is 2.18. The van der Waals surface area contributed by atoms with E-state index in [2.05, 4.69) is 10.2 Å². The molecular formula is C21H28N4O5. The second-order valence-electron chi connectivity index (χ2n) is 7.18. The zero-order valence-corrected chi connectivity index (χ0v) is 17.4. The number of rotatable bonds is 10. The molecule has 1 atom stereocenters. The molecule has 1 aromatic rings. The largest absolute Gasteiger partial charge is 0.369 e. The van der Waals surface area contributed by atoms with Crippen LogP contribution in [0.1, 0.15) is 33.6 Å². The third-order valence-corrected chi connectivity index (χ3v) is 5.39. The Bertz CT molecular complexity index is 790. The molecule has 1 aliphatic heterocycles. The quantitative estimate of drug-likeness (QED) is 0.535. The van der Waals surface area contributed by atoms with E-state index in [9.17, 15) is 24.0 Å². The topological polar surface area (TPSA) is 107 Å². The van der Waals surface area contributed by atoms with Gasteiger partial charge in [0.15, 0.2) is 6.29 Å². The molecule has 1 saturated heterocycles. The summed E-state index contributed by atoms with van der Waals surface area (Å²) in [5.41, 5.74) is 1.26. The highest BCUT2D eigenvalue weighted by molar-refractivity contribution is 6.03. The van der Waals surface area contributed by atoms with Crippen LogP contribution in [0, 0.1) is 0 Å². The number of nitrogens with one attached hydrogen (secondary N) is 1. The molecule has 1 heterocycles. The fraction of sp³-hybridized carbons (Fsp3) is 0.476. The maximum Gasteiger partial charge on any atom is 0.255 e. The molecule has 0 saturated carbocycles. The summed E-state index contributed by atoms with van der Waals surface area (Å²) in [6, 6.07) is 4.28. The van der Waals surface area contributed by atoms with Crippen molar-refractivity contribution in [2.75, 3.05) is 51.7 Å². The number of carbonyl (C=O) groups is 5. The molecule has 0 aliphatic carbocycles. The first-order valence-electron chi connectivity index (χ1n) is 9.88. The Morgan fingerprint density at radius 3 is 2.43 bits per heavy atom. The molecule has 0 bridgehead atoms. The van der Waals surface area contributed by atoms with Gasteiger partial charge in [-0.25, -0.2) is 0 Å². The zero-order chi connectivity index (χ0) is 22.1. The zero-order valence-electron chi connectivity index (χ0n) is 17.4. The average molecular weight is 416 g/mol. The van der Waals surface area contributed by atoms with Gasteiger partial charge in [0.2, 0.25) is 5.91 Å². The normalized spacial score (nSPS) is 15.2. The second-order valence-corrected chi connectivity index (χ2v) is 7.18. The van der Waals surface area contributed by atoms with Crippen molar-refractivity contribution in [1.82, 2.24) is 15.1 Å². The van der Waals surface area contributed by atoms with Crippen LogP contribution in [0.2, 0.25) is 0 Å². The summed E-state index contributed by atoms with van der Waals surface area (Å²) in [4.78, 5) is 63.6. The number of benzene rings is 1. The number of aldehydes is 3. The van der Waals surface area contributed by atoms with Gasteiger partial charge in [-0.2, -0.15) is 0 Å². The summed E-state index contributed by atoms with van der Waals surface area (Å²) in [6.07, 6.45) is 2.45. The van der Waals surface area contributed by atoms with Gasteiger partial charge in [0.05, 0.1) is 18.2 Å². The Kier molecular flexibility index (Phi) is 8.67. The van der Waals surface area contributed by atoms with Crippen LogP contribution in [0.25, 0.3) is 0 Å². The number of hydrogen-bond donors (Lipinski definition) is 1. The van der Waals surface area contributed by atoms with Gasteiger partial charge in [-0.1, -0.05) is 0 Å². The standard InChI is InChI=1S/C21H28N4O5/c1-22-20(29)6-5-18(15-28)23(2)21(30)19-13-17(4-3-16(19)14-27)25-9-7-24(8-10-25)11-12-26/h3-4,12-15,18H,5-11H2,1-2H3,(H,22,29). The number of anilines is 1. The van der Waals surface area contributed by atoms with Gasteiger partial charge in [-0.05, 0) is 24.6 Å². The molecule has 0 aromatic heterocycles. The highest BCUT2D eigenvalue weighted by Gasteiger charge is 2.25. The molecule has 162 valence electrons. The van der Waals surface area contributed by atoms with E-state index in [-0.39, 0.29) is 29.9 Å². The van der Waals surface area contributed by atoms with Gasteiger partial charge < -0.3 is 24.7 Å². The van der Waals surface area contributed by atoms with Gasteiger partial charge in [0.1, 0.15) is 12.6 Å². The minimum Gasteiger partial charge on any atom is -0.369 e. The predicted molar refractivity (Wildman–Crippen MR) is 112 cm³/mol. The summed E-state index contributed by atoms with van der Waals surface area (Å²) in [5.74, 6) is -0.667. The summed E-state index contributed by atoms with van der Waals surface area (Å²) in [7, 11) is 3.00. The maximum absolute atomic E-state index is 13.1. The highest BCUT2D eigenvalue weighted by Crippen LogP contribution is 2.22. The fourth-order valence-electron chi connectivity index (χ4n) is 3.42. The van der Waals surface area contributed by atoms with E-state index in [1.165, 1.54) is 19.0 Å². The molecule has 1 aromatic carbocycles. The van der Waals surface area contributed by atoms with Gasteiger partial charge in [-0.3, -0.25) is 19.3 Å². The van der Waals surface area contributed by atoms with E-state index < -0.39 is 11.9 Å². The SMILES string of the molecule is CNC(=O)CCC(C=O)N(C)C(=O)c1cc(N2CCN(CC=O)CC2)ccc1C=O. The first-order chi connectivity index (χ1) is 14.4. The first kappa shape index (κ1) is 23.2. The van der Waals surface area contributed by atoms with Crippen LogP contribution >= 0.6 is 0 Å².